The molecule has 2 aliphatic rings. The highest BCUT2D eigenvalue weighted by Gasteiger charge is 2.36. The summed E-state index contributed by atoms with van der Waals surface area (Å²) in [6.45, 7) is 2.38. The van der Waals surface area contributed by atoms with Gasteiger partial charge in [-0.25, -0.2) is 0 Å². The lowest BCUT2D eigenvalue weighted by molar-refractivity contribution is 0.0514. The van der Waals surface area contributed by atoms with Crippen LogP contribution < -0.4 is 10.6 Å². The minimum Gasteiger partial charge on any atom is -0.381 e. The smallest absolute Gasteiger partial charge is 0.191 e. The largest absolute Gasteiger partial charge is 0.381 e. The minimum atomic E-state index is 0. The molecule has 1 aliphatic carbocycles. The van der Waals surface area contributed by atoms with E-state index in [1.807, 2.05) is 19.2 Å². The molecule has 0 aromatic heterocycles. The van der Waals surface area contributed by atoms with Gasteiger partial charge in [0.2, 0.25) is 0 Å². The lowest BCUT2D eigenvalue weighted by Gasteiger charge is -2.39. The van der Waals surface area contributed by atoms with Gasteiger partial charge in [0.05, 0.1) is 0 Å². The third-order valence-corrected chi connectivity index (χ3v) is 5.74. The van der Waals surface area contributed by atoms with Gasteiger partial charge < -0.3 is 15.4 Å². The van der Waals surface area contributed by atoms with Crippen LogP contribution in [-0.4, -0.2) is 38.8 Å². The predicted octanol–water partition coefficient (Wildman–Crippen LogP) is 4.11. The van der Waals surface area contributed by atoms with Gasteiger partial charge in [0.15, 0.2) is 5.96 Å². The van der Waals surface area contributed by atoms with E-state index in [9.17, 15) is 0 Å². The summed E-state index contributed by atoms with van der Waals surface area (Å²) in [5.74, 6) is 0.903. The summed E-state index contributed by atoms with van der Waals surface area (Å²) >= 11 is 6.52. The van der Waals surface area contributed by atoms with Crippen molar-refractivity contribution in [3.8, 4) is 0 Å². The average molecular weight is 478 g/mol. The maximum atomic E-state index is 6.52. The highest BCUT2D eigenvalue weighted by atomic mass is 127. The van der Waals surface area contributed by atoms with Gasteiger partial charge in [0.25, 0.3) is 0 Å². The van der Waals surface area contributed by atoms with Crippen molar-refractivity contribution in [1.82, 2.24) is 10.6 Å². The third-order valence-electron chi connectivity index (χ3n) is 5.41. The molecular weight excluding hydrogens is 449 g/mol. The van der Waals surface area contributed by atoms with Crippen LogP contribution in [0.4, 0.5) is 0 Å². The third kappa shape index (κ3) is 5.23. The van der Waals surface area contributed by atoms with Crippen LogP contribution in [0.5, 0.6) is 0 Å². The Hall–Kier alpha value is -0.530. The Balaban J connectivity index is 0.00000225. The van der Waals surface area contributed by atoms with Crippen LogP contribution >= 0.6 is 35.6 Å². The second-order valence-corrected chi connectivity index (χ2v) is 7.33. The zero-order chi connectivity index (χ0) is 16.8. The Morgan fingerprint density at radius 3 is 2.56 bits per heavy atom. The monoisotopic (exact) mass is 477 g/mol. The highest BCUT2D eigenvalue weighted by Crippen LogP contribution is 2.38. The van der Waals surface area contributed by atoms with Gasteiger partial charge in [-0.15, -0.1) is 24.0 Å². The first-order valence-corrected chi connectivity index (χ1v) is 9.41. The van der Waals surface area contributed by atoms with E-state index in [-0.39, 0.29) is 29.4 Å². The van der Waals surface area contributed by atoms with Crippen molar-refractivity contribution in [2.75, 3.05) is 26.8 Å². The summed E-state index contributed by atoms with van der Waals surface area (Å²) in [6, 6.07) is 8.76. The number of aliphatic imine (C=N–C) groups is 1. The molecule has 2 fully saturated rings. The fraction of sp³-hybridized carbons (Fsp3) is 0.632. The second kappa shape index (κ2) is 9.97. The summed E-state index contributed by atoms with van der Waals surface area (Å²) in [5, 5.41) is 7.97. The van der Waals surface area contributed by atoms with Crippen molar-refractivity contribution in [2.45, 2.75) is 50.0 Å². The molecule has 4 nitrogen and oxygen atoms in total. The van der Waals surface area contributed by atoms with Crippen LogP contribution in [0.15, 0.2) is 29.3 Å². The molecule has 0 atom stereocenters. The van der Waals surface area contributed by atoms with Crippen LogP contribution in [0.1, 0.15) is 44.1 Å². The van der Waals surface area contributed by atoms with E-state index in [1.165, 1.54) is 31.2 Å². The molecule has 1 heterocycles. The van der Waals surface area contributed by atoms with Crippen molar-refractivity contribution in [3.05, 3.63) is 34.9 Å². The molecule has 0 spiro atoms. The van der Waals surface area contributed by atoms with E-state index in [0.717, 1.165) is 43.6 Å². The maximum absolute atomic E-state index is 6.52. The molecule has 1 aromatic carbocycles. The Morgan fingerprint density at radius 2 is 1.92 bits per heavy atom. The topological polar surface area (TPSA) is 45.7 Å². The number of ether oxygens (including phenoxy) is 1. The van der Waals surface area contributed by atoms with Crippen LogP contribution in [0, 0.1) is 0 Å². The van der Waals surface area contributed by atoms with Crippen LogP contribution in [-0.2, 0) is 10.2 Å². The van der Waals surface area contributed by atoms with Gasteiger partial charge in [-0.3, -0.25) is 4.99 Å². The predicted molar refractivity (Wildman–Crippen MR) is 115 cm³/mol. The number of hydrogen-bond acceptors (Lipinski definition) is 2. The van der Waals surface area contributed by atoms with Gasteiger partial charge in [-0.05, 0) is 37.3 Å². The molecule has 6 heteroatoms. The summed E-state index contributed by atoms with van der Waals surface area (Å²) in [6.07, 6.45) is 7.06. The first-order valence-electron chi connectivity index (χ1n) is 9.03. The molecule has 25 heavy (non-hydrogen) atoms. The van der Waals surface area contributed by atoms with E-state index in [2.05, 4.69) is 27.8 Å². The normalized spacial score (nSPS) is 20.8. The van der Waals surface area contributed by atoms with Gasteiger partial charge in [-0.2, -0.15) is 0 Å². The first-order chi connectivity index (χ1) is 11.7. The molecule has 0 amide bonds. The number of rotatable bonds is 4. The van der Waals surface area contributed by atoms with E-state index in [0.29, 0.717) is 6.04 Å². The number of hydrogen-bond donors (Lipinski definition) is 2. The number of halogens is 2. The SMILES string of the molecule is CN=C(NCC1(c2ccccc2Cl)CCOCC1)NC1CCCC1.I. The number of benzene rings is 1. The molecule has 140 valence electrons. The quantitative estimate of drug-likeness (QED) is 0.390. The summed E-state index contributed by atoms with van der Waals surface area (Å²) in [5.41, 5.74) is 1.22. The second-order valence-electron chi connectivity index (χ2n) is 6.92. The number of guanidine groups is 1. The molecule has 0 radical (unpaired) electrons. The molecule has 1 aliphatic heterocycles. The number of nitrogens with one attached hydrogen (secondary N) is 2. The summed E-state index contributed by atoms with van der Waals surface area (Å²) in [4.78, 5) is 4.41. The van der Waals surface area contributed by atoms with Gasteiger partial charge in [0, 0.05) is 43.3 Å². The Morgan fingerprint density at radius 1 is 1.24 bits per heavy atom. The lowest BCUT2D eigenvalue weighted by atomic mass is 9.74. The first kappa shape index (κ1) is 20.8. The fourth-order valence-corrected chi connectivity index (χ4v) is 4.24. The van der Waals surface area contributed by atoms with Crippen LogP contribution in [0.2, 0.25) is 5.02 Å². The van der Waals surface area contributed by atoms with Crippen molar-refractivity contribution >= 4 is 41.5 Å². The zero-order valence-corrected chi connectivity index (χ0v) is 18.0. The summed E-state index contributed by atoms with van der Waals surface area (Å²) < 4.78 is 5.61. The molecule has 0 unspecified atom stereocenters. The molecular formula is C19H29ClIN3O. The standard InChI is InChI=1S/C19H28ClN3O.HI/c1-21-18(23-15-6-2-3-7-15)22-14-19(10-12-24-13-11-19)16-8-4-5-9-17(16)20;/h4-5,8-9,15H,2-3,6-7,10-14H2,1H3,(H2,21,22,23);1H. The van der Waals surface area contributed by atoms with E-state index in [4.69, 9.17) is 16.3 Å². The van der Waals surface area contributed by atoms with Gasteiger partial charge in [0.1, 0.15) is 0 Å². The van der Waals surface area contributed by atoms with E-state index in [1.54, 1.807) is 0 Å². The molecule has 1 saturated heterocycles. The molecule has 2 N–H and O–H groups in total. The van der Waals surface area contributed by atoms with Crippen molar-refractivity contribution in [1.29, 1.82) is 0 Å². The van der Waals surface area contributed by atoms with Gasteiger partial charge >= 0.3 is 0 Å². The van der Waals surface area contributed by atoms with Gasteiger partial charge in [-0.1, -0.05) is 42.6 Å². The maximum Gasteiger partial charge on any atom is 0.191 e. The fourth-order valence-electron chi connectivity index (χ4n) is 3.91. The minimum absolute atomic E-state index is 0. The molecule has 1 saturated carbocycles. The zero-order valence-electron chi connectivity index (χ0n) is 14.9. The van der Waals surface area contributed by atoms with E-state index >= 15 is 0 Å². The van der Waals surface area contributed by atoms with Crippen molar-refractivity contribution in [3.63, 3.8) is 0 Å². The lowest BCUT2D eigenvalue weighted by Crippen LogP contribution is -2.49. The van der Waals surface area contributed by atoms with Crippen LogP contribution in [0.3, 0.4) is 0 Å². The highest BCUT2D eigenvalue weighted by molar-refractivity contribution is 14.0. The van der Waals surface area contributed by atoms with E-state index < -0.39 is 0 Å². The Labute approximate surface area is 173 Å². The Kier molecular flexibility index (Phi) is 8.29. The summed E-state index contributed by atoms with van der Waals surface area (Å²) in [7, 11) is 1.84. The number of nitrogens with zero attached hydrogens (tertiary/aromatic N) is 1. The molecule has 1 aromatic rings. The van der Waals surface area contributed by atoms with Crippen molar-refractivity contribution < 1.29 is 4.74 Å². The van der Waals surface area contributed by atoms with Crippen LogP contribution in [0.25, 0.3) is 0 Å². The Bertz CT molecular complexity index is 570. The molecule has 0 bridgehead atoms. The average Bonchev–Trinajstić information content (AvgIpc) is 3.13. The van der Waals surface area contributed by atoms with Crippen molar-refractivity contribution in [2.24, 2.45) is 4.99 Å². The molecule has 3 rings (SSSR count).